The standard InChI is InChI=1S/C17H22O3.C15H19ClO3.C5H9NO5.C2H6/c1-4-6-7-8-10-17(18)20-15-12-11-14(9-5-2)13-16(15)19-3;16-12-4-2-5-14(9-12)19-10-13(17)8-7-11-3-1-6-15(11)18;7-5-10-3-1-2-4-11-6(8)9;1-2/h4-6,9,11-13H,7-8,10H2,1-3H3;2,4-5,7-9,11,13,15,17-18H,1,3,6,10H2;5H,1-4H2;1-2H3/b6-4-,9-5+;8-7+;;/t;11?,13-,15-;;/m.1../s1. The van der Waals surface area contributed by atoms with Gasteiger partial charge in [-0.3, -0.25) is 9.59 Å². The monoisotopic (exact) mass is 749 g/mol. The number of allylic oxidation sites excluding steroid dienone is 3. The van der Waals surface area contributed by atoms with Gasteiger partial charge in [0.05, 0.1) is 26.4 Å². The molecular formula is C39H56ClNO11. The number of hydrogen-bond donors (Lipinski definition) is 2. The molecule has 1 saturated carbocycles. The Hall–Kier alpha value is -4.39. The zero-order valence-electron chi connectivity index (χ0n) is 31.0. The van der Waals surface area contributed by atoms with E-state index < -0.39 is 11.2 Å². The Morgan fingerprint density at radius 2 is 1.81 bits per heavy atom. The van der Waals surface area contributed by atoms with Gasteiger partial charge < -0.3 is 34.0 Å². The summed E-state index contributed by atoms with van der Waals surface area (Å²) in [5.41, 5.74) is 1.01. The second-order valence-corrected chi connectivity index (χ2v) is 11.4. The summed E-state index contributed by atoms with van der Waals surface area (Å²) in [4.78, 5) is 34.9. The summed E-state index contributed by atoms with van der Waals surface area (Å²) in [6.07, 6.45) is 16.6. The van der Waals surface area contributed by atoms with E-state index in [9.17, 15) is 29.9 Å². The van der Waals surface area contributed by atoms with Crippen molar-refractivity contribution in [1.29, 1.82) is 0 Å². The molecule has 0 aliphatic heterocycles. The van der Waals surface area contributed by atoms with Crippen molar-refractivity contribution >= 4 is 30.1 Å². The molecular weight excluding hydrogens is 694 g/mol. The lowest BCUT2D eigenvalue weighted by Gasteiger charge is -2.12. The van der Waals surface area contributed by atoms with Crippen LogP contribution in [-0.2, 0) is 19.2 Å². The summed E-state index contributed by atoms with van der Waals surface area (Å²) in [5.74, 6) is 1.62. The number of benzene rings is 2. The van der Waals surface area contributed by atoms with E-state index in [-0.39, 0.29) is 37.8 Å². The van der Waals surface area contributed by atoms with Gasteiger partial charge in [0.2, 0.25) is 0 Å². The Bertz CT molecular complexity index is 1350. The number of esters is 1. The molecule has 12 nitrogen and oxygen atoms in total. The van der Waals surface area contributed by atoms with E-state index in [4.69, 9.17) is 25.8 Å². The zero-order chi connectivity index (χ0) is 39.0. The lowest BCUT2D eigenvalue weighted by molar-refractivity contribution is -0.757. The van der Waals surface area contributed by atoms with Crippen molar-refractivity contribution in [3.05, 3.63) is 93.5 Å². The van der Waals surface area contributed by atoms with Crippen LogP contribution >= 0.6 is 11.6 Å². The van der Waals surface area contributed by atoms with E-state index >= 15 is 0 Å². The number of rotatable bonds is 19. The number of aliphatic hydroxyl groups is 2. The highest BCUT2D eigenvalue weighted by atomic mass is 35.5. The van der Waals surface area contributed by atoms with Gasteiger partial charge in [0.15, 0.2) is 11.5 Å². The van der Waals surface area contributed by atoms with E-state index in [0.717, 1.165) is 37.7 Å². The summed E-state index contributed by atoms with van der Waals surface area (Å²) in [7, 11) is 1.57. The van der Waals surface area contributed by atoms with Gasteiger partial charge in [0.1, 0.15) is 18.5 Å². The molecule has 13 heteroatoms. The maximum absolute atomic E-state index is 11.7. The van der Waals surface area contributed by atoms with Gasteiger partial charge in [0, 0.05) is 17.4 Å². The van der Waals surface area contributed by atoms with Crippen molar-refractivity contribution in [2.45, 2.75) is 91.3 Å². The van der Waals surface area contributed by atoms with Crippen LogP contribution in [-0.4, -0.2) is 66.9 Å². The normalized spacial score (nSPS) is 15.3. The van der Waals surface area contributed by atoms with Crippen LogP contribution in [0.2, 0.25) is 5.02 Å². The molecule has 2 N–H and O–H groups in total. The van der Waals surface area contributed by atoms with E-state index in [1.807, 2.05) is 70.2 Å². The first-order chi connectivity index (χ1) is 25.1. The first kappa shape index (κ1) is 47.6. The smallest absolute Gasteiger partial charge is 0.311 e. The van der Waals surface area contributed by atoms with Crippen LogP contribution in [0.3, 0.4) is 0 Å². The Morgan fingerprint density at radius 1 is 1.06 bits per heavy atom. The quantitative estimate of drug-likeness (QED) is 0.0270. The van der Waals surface area contributed by atoms with Crippen LogP contribution in [0.5, 0.6) is 17.2 Å². The number of carbonyl (C=O) groups is 2. The van der Waals surface area contributed by atoms with Gasteiger partial charge >= 0.3 is 5.97 Å². The van der Waals surface area contributed by atoms with Gasteiger partial charge in [-0.25, -0.2) is 0 Å². The molecule has 52 heavy (non-hydrogen) atoms. The Kier molecular flexibility index (Phi) is 28.7. The number of methoxy groups -OCH3 is 1. The second-order valence-electron chi connectivity index (χ2n) is 11.0. The highest BCUT2D eigenvalue weighted by Gasteiger charge is 2.22. The lowest BCUT2D eigenvalue weighted by atomic mass is 10.1. The molecule has 1 fully saturated rings. The van der Waals surface area contributed by atoms with E-state index in [0.29, 0.717) is 48.0 Å². The zero-order valence-corrected chi connectivity index (χ0v) is 31.7. The number of ether oxygens (including phenoxy) is 4. The highest BCUT2D eigenvalue weighted by Crippen LogP contribution is 2.29. The predicted octanol–water partition coefficient (Wildman–Crippen LogP) is 8.35. The summed E-state index contributed by atoms with van der Waals surface area (Å²) < 4.78 is 20.4. The van der Waals surface area contributed by atoms with Crippen LogP contribution < -0.4 is 14.2 Å². The van der Waals surface area contributed by atoms with Gasteiger partial charge in [-0.2, -0.15) is 0 Å². The molecule has 0 bridgehead atoms. The number of aliphatic hydroxyl groups excluding tert-OH is 2. The second kappa shape index (κ2) is 31.4. The topological polar surface area (TPSA) is 164 Å². The maximum atomic E-state index is 11.7. The number of halogens is 1. The summed E-state index contributed by atoms with van der Waals surface area (Å²) in [6.45, 7) is 8.77. The Labute approximate surface area is 313 Å². The van der Waals surface area contributed by atoms with E-state index in [1.165, 1.54) is 0 Å². The fraction of sp³-hybridized carbons (Fsp3) is 0.487. The van der Waals surface area contributed by atoms with Gasteiger partial charge in [-0.05, 0) is 88.3 Å². The summed E-state index contributed by atoms with van der Waals surface area (Å²) in [6, 6.07) is 12.6. The largest absolute Gasteiger partial charge is 0.493 e. The molecule has 0 amide bonds. The summed E-state index contributed by atoms with van der Waals surface area (Å²) in [5, 5.41) is 28.8. The molecule has 0 aromatic heterocycles. The lowest BCUT2D eigenvalue weighted by Crippen LogP contribution is -2.16. The number of nitrogens with zero attached hydrogens (tertiary/aromatic N) is 1. The summed E-state index contributed by atoms with van der Waals surface area (Å²) >= 11 is 5.84. The van der Waals surface area contributed by atoms with Gasteiger partial charge in [-0.1, -0.05) is 80.5 Å². The number of carbonyl (C=O) groups excluding carboxylic acids is 2. The number of hydrogen-bond acceptors (Lipinski definition) is 11. The maximum Gasteiger partial charge on any atom is 0.311 e. The van der Waals surface area contributed by atoms with Gasteiger partial charge in [-0.15, -0.1) is 10.1 Å². The molecule has 1 aliphatic rings. The third-order valence-corrected chi connectivity index (χ3v) is 7.24. The van der Waals surface area contributed by atoms with Crippen LogP contribution in [0, 0.1) is 16.0 Å². The molecule has 2 aromatic carbocycles. The van der Waals surface area contributed by atoms with Crippen molar-refractivity contribution in [1.82, 2.24) is 0 Å². The van der Waals surface area contributed by atoms with Crippen molar-refractivity contribution in [2.24, 2.45) is 5.92 Å². The molecule has 0 spiro atoms. The molecule has 3 rings (SSSR count). The average Bonchev–Trinajstić information content (AvgIpc) is 3.56. The molecule has 0 heterocycles. The van der Waals surface area contributed by atoms with Crippen molar-refractivity contribution in [3.63, 3.8) is 0 Å². The van der Waals surface area contributed by atoms with E-state index in [1.54, 1.807) is 43.5 Å². The molecule has 0 saturated heterocycles. The molecule has 290 valence electrons. The van der Waals surface area contributed by atoms with Gasteiger partial charge in [0.25, 0.3) is 11.6 Å². The molecule has 1 aliphatic carbocycles. The fourth-order valence-corrected chi connectivity index (χ4v) is 4.68. The first-order valence-corrected chi connectivity index (χ1v) is 17.9. The molecule has 0 radical (unpaired) electrons. The van der Waals surface area contributed by atoms with Crippen LogP contribution in [0.1, 0.15) is 84.6 Å². The van der Waals surface area contributed by atoms with Crippen LogP contribution in [0.15, 0.2) is 72.8 Å². The SMILES string of the molecule is C/C=C\CCCC(=O)Oc1ccc(/C=C/C)cc1OC.CC.O=COCCCCO[N+](=O)[O-].O[C@H](/C=C/C1CCC[C@H]1O)COc1cccc(Cl)c1. The molecule has 2 aromatic rings. The first-order valence-electron chi connectivity index (χ1n) is 17.5. The fourth-order valence-electron chi connectivity index (χ4n) is 4.50. The third kappa shape index (κ3) is 23.9. The number of unbranched alkanes of at least 4 members (excludes halogenated alkanes) is 2. The van der Waals surface area contributed by atoms with Crippen molar-refractivity contribution in [3.8, 4) is 17.2 Å². The van der Waals surface area contributed by atoms with Crippen molar-refractivity contribution < 1.29 is 48.7 Å². The predicted molar refractivity (Wildman–Crippen MR) is 203 cm³/mol. The average molecular weight is 750 g/mol. The Morgan fingerprint density at radius 3 is 2.42 bits per heavy atom. The van der Waals surface area contributed by atoms with E-state index in [2.05, 4.69) is 9.57 Å². The molecule has 3 atom stereocenters. The van der Waals surface area contributed by atoms with Crippen LogP contribution in [0.4, 0.5) is 0 Å². The highest BCUT2D eigenvalue weighted by molar-refractivity contribution is 6.30. The minimum absolute atomic E-state index is 0.0508. The minimum atomic E-state index is -0.847. The molecule has 1 unspecified atom stereocenters. The van der Waals surface area contributed by atoms with Crippen molar-refractivity contribution in [2.75, 3.05) is 26.9 Å². The minimum Gasteiger partial charge on any atom is -0.493 e. The Balaban J connectivity index is 0.000000762. The van der Waals surface area contributed by atoms with Crippen LogP contribution in [0.25, 0.3) is 6.08 Å². The third-order valence-electron chi connectivity index (χ3n) is 7.01.